The zero-order valence-electron chi connectivity index (χ0n) is 42.0. The van der Waals surface area contributed by atoms with E-state index in [1.165, 1.54) is 29.0 Å². The van der Waals surface area contributed by atoms with E-state index < -0.39 is 58.4 Å². The highest BCUT2D eigenvalue weighted by atomic mass is 35.5. The van der Waals surface area contributed by atoms with Gasteiger partial charge in [0.15, 0.2) is 0 Å². The molecule has 5 aromatic rings. The second-order valence-corrected chi connectivity index (χ2v) is 24.7. The summed E-state index contributed by atoms with van der Waals surface area (Å²) in [6.45, 7) is 15.9. The highest BCUT2D eigenvalue weighted by molar-refractivity contribution is 7.92. The third kappa shape index (κ3) is 13.1. The molecule has 0 unspecified atom stereocenters. The Morgan fingerprint density at radius 1 is 0.865 bits per heavy atom. The maximum absolute atomic E-state index is 14.1. The van der Waals surface area contributed by atoms with Crippen LogP contribution < -0.4 is 19.7 Å². The lowest BCUT2D eigenvalue weighted by atomic mass is 9.72. The Labute approximate surface area is 435 Å². The van der Waals surface area contributed by atoms with E-state index in [9.17, 15) is 39.6 Å². The van der Waals surface area contributed by atoms with Crippen molar-refractivity contribution in [3.05, 3.63) is 107 Å². The quantitative estimate of drug-likeness (QED) is 0.0843. The number of aromatic amines is 1. The Bertz CT molecular complexity index is 3130. The number of pyridine rings is 1. The van der Waals surface area contributed by atoms with Crippen LogP contribution in [-0.4, -0.2) is 137 Å². The Morgan fingerprint density at radius 2 is 1.57 bits per heavy atom. The van der Waals surface area contributed by atoms with Crippen molar-refractivity contribution in [3.63, 3.8) is 0 Å². The summed E-state index contributed by atoms with van der Waals surface area (Å²) >= 11 is 6.24. The zero-order valence-corrected chi connectivity index (χ0v) is 44.4. The monoisotopic (exact) mass is 1080 g/mol. The number of aromatic nitrogens is 2. The number of sulfonamides is 1. The molecule has 8 rings (SSSR count). The molecule has 0 radical (unpaired) electrons. The van der Waals surface area contributed by atoms with E-state index in [1.807, 2.05) is 21.8 Å². The van der Waals surface area contributed by atoms with Gasteiger partial charge in [-0.05, 0) is 124 Å². The van der Waals surface area contributed by atoms with Gasteiger partial charge in [0.1, 0.15) is 27.6 Å². The molecule has 0 atom stereocenters. The molecule has 2 saturated heterocycles. The number of rotatable bonds is 15. The van der Waals surface area contributed by atoms with Gasteiger partial charge in [0.25, 0.3) is 25.8 Å². The van der Waals surface area contributed by atoms with Crippen LogP contribution in [0.5, 0.6) is 11.5 Å². The van der Waals surface area contributed by atoms with Crippen molar-refractivity contribution in [1.29, 1.82) is 0 Å². The lowest BCUT2D eigenvalue weighted by Gasteiger charge is -2.39. The average molecular weight is 1080 g/mol. The predicted molar refractivity (Wildman–Crippen MR) is 279 cm³/mol. The largest absolute Gasteiger partial charge is 0.501 e. The first kappa shape index (κ1) is 54.4. The number of allylic oxidation sites excluding steroid dienone is 1. The first-order valence-corrected chi connectivity index (χ1v) is 27.8. The van der Waals surface area contributed by atoms with Crippen LogP contribution in [0.25, 0.3) is 16.6 Å². The molecule has 3 N–H and O–H groups in total. The van der Waals surface area contributed by atoms with E-state index in [2.05, 4.69) is 51.1 Å². The number of anilines is 2. The highest BCUT2D eigenvalue weighted by Crippen LogP contribution is 2.44. The fourth-order valence-electron chi connectivity index (χ4n) is 9.39. The SMILES string of the molecule is CC1(C)CCC(CN2CCN(c3ccc(C(=O)NS(=O)(=O)c4ccc(NCCCN5CCN(C(=O)OC(C)(C)C)CC5)c(S(=O)(=O)C(F)(F)F)c4)c(Oc4cnc5[nH]ccc5c4)c3)CC2)=C(c2ccc(Cl)cc2)C1. The van der Waals surface area contributed by atoms with Gasteiger partial charge in [-0.3, -0.25) is 14.6 Å². The molecule has 22 heteroatoms. The van der Waals surface area contributed by atoms with Gasteiger partial charge in [0.05, 0.1) is 22.3 Å². The Kier molecular flexibility index (Phi) is 16.0. The second kappa shape index (κ2) is 21.8. The number of nitrogens with zero attached hydrogens (tertiary/aromatic N) is 5. The van der Waals surface area contributed by atoms with Crippen LogP contribution in [0.15, 0.2) is 101 Å². The molecule has 0 bridgehead atoms. The van der Waals surface area contributed by atoms with Crippen molar-refractivity contribution in [2.45, 2.75) is 81.2 Å². The van der Waals surface area contributed by atoms with E-state index >= 15 is 0 Å². The molecule has 1 aliphatic carbocycles. The van der Waals surface area contributed by atoms with Crippen molar-refractivity contribution >= 4 is 71.4 Å². The van der Waals surface area contributed by atoms with Gasteiger partial charge in [-0.2, -0.15) is 13.2 Å². The maximum Gasteiger partial charge on any atom is 0.501 e. The number of sulfone groups is 1. The van der Waals surface area contributed by atoms with Gasteiger partial charge in [0, 0.05) is 93.8 Å². The van der Waals surface area contributed by atoms with Gasteiger partial charge in [-0.25, -0.2) is 31.3 Å². The third-order valence-electron chi connectivity index (χ3n) is 13.4. The van der Waals surface area contributed by atoms with E-state index in [0.717, 1.165) is 51.0 Å². The summed E-state index contributed by atoms with van der Waals surface area (Å²) in [4.78, 5) is 39.9. The van der Waals surface area contributed by atoms with Gasteiger partial charge >= 0.3 is 11.6 Å². The third-order valence-corrected chi connectivity index (χ3v) is 16.5. The number of alkyl halides is 3. The number of carbonyl (C=O) groups is 2. The fourth-order valence-corrected chi connectivity index (χ4v) is 11.5. The minimum absolute atomic E-state index is 0.0262. The highest BCUT2D eigenvalue weighted by Gasteiger charge is 2.48. The smallest absolute Gasteiger partial charge is 0.455 e. The summed E-state index contributed by atoms with van der Waals surface area (Å²) < 4.78 is 110. The second-order valence-electron chi connectivity index (χ2n) is 20.7. The minimum Gasteiger partial charge on any atom is -0.455 e. The molecule has 2 amide bonds. The predicted octanol–water partition coefficient (Wildman–Crippen LogP) is 9.56. The number of piperazine rings is 2. The zero-order chi connectivity index (χ0) is 53.2. The number of amides is 2. The molecule has 0 spiro atoms. The van der Waals surface area contributed by atoms with Gasteiger partial charge in [-0.15, -0.1) is 0 Å². The van der Waals surface area contributed by atoms with Crippen molar-refractivity contribution in [2.75, 3.05) is 82.2 Å². The Hall–Kier alpha value is -5.87. The molecule has 2 fully saturated rings. The van der Waals surface area contributed by atoms with Crippen LogP contribution in [0.2, 0.25) is 5.02 Å². The normalized spacial score (nSPS) is 17.4. The molecule has 398 valence electrons. The lowest BCUT2D eigenvalue weighted by molar-refractivity contribution is -0.0436. The number of H-pyrrole nitrogens is 1. The number of hydrogen-bond donors (Lipinski definition) is 3. The van der Waals surface area contributed by atoms with Crippen LogP contribution in [0.3, 0.4) is 0 Å². The molecular weight excluding hydrogens is 1020 g/mol. The molecule has 74 heavy (non-hydrogen) atoms. The van der Waals surface area contributed by atoms with Gasteiger partial charge < -0.3 is 29.6 Å². The van der Waals surface area contributed by atoms with Crippen molar-refractivity contribution in [2.24, 2.45) is 5.41 Å². The summed E-state index contributed by atoms with van der Waals surface area (Å²) in [7, 11) is -11.1. The van der Waals surface area contributed by atoms with E-state index in [-0.39, 0.29) is 29.0 Å². The number of halogens is 4. The van der Waals surface area contributed by atoms with Crippen molar-refractivity contribution in [1.82, 2.24) is 29.4 Å². The molecule has 16 nitrogen and oxygen atoms in total. The number of hydrogen-bond acceptors (Lipinski definition) is 13. The number of benzene rings is 3. The summed E-state index contributed by atoms with van der Waals surface area (Å²) in [6, 6.07) is 18.4. The van der Waals surface area contributed by atoms with Gasteiger partial charge in [-0.1, -0.05) is 43.2 Å². The van der Waals surface area contributed by atoms with Crippen LogP contribution >= 0.6 is 11.6 Å². The van der Waals surface area contributed by atoms with Gasteiger partial charge in [0.2, 0.25) is 0 Å². The topological polar surface area (TPSA) is 187 Å². The van der Waals surface area contributed by atoms with E-state index in [4.69, 9.17) is 21.1 Å². The Morgan fingerprint density at radius 3 is 2.26 bits per heavy atom. The summed E-state index contributed by atoms with van der Waals surface area (Å²) in [5, 5.41) is 4.12. The Balaban J connectivity index is 0.973. The van der Waals surface area contributed by atoms with Crippen molar-refractivity contribution < 1.29 is 49.1 Å². The lowest BCUT2D eigenvalue weighted by Crippen LogP contribution is -2.50. The van der Waals surface area contributed by atoms with Crippen molar-refractivity contribution in [3.8, 4) is 11.5 Å². The summed E-state index contributed by atoms with van der Waals surface area (Å²) in [6.07, 6.45) is 6.13. The van der Waals surface area contributed by atoms with E-state index in [1.54, 1.807) is 56.1 Å². The first-order valence-electron chi connectivity index (χ1n) is 24.5. The molecule has 2 aliphatic heterocycles. The number of fused-ring (bicyclic) bond motifs is 1. The molecule has 3 aromatic carbocycles. The van der Waals surface area contributed by atoms with E-state index in [0.29, 0.717) is 80.0 Å². The van der Waals surface area contributed by atoms with Crippen LogP contribution in [-0.2, 0) is 24.6 Å². The molecule has 2 aromatic heterocycles. The summed E-state index contributed by atoms with van der Waals surface area (Å²) in [5.41, 5.74) is -1.71. The molecule has 0 saturated carbocycles. The fraction of sp³-hybridized carbons (Fsp3) is 0.442. The van der Waals surface area contributed by atoms with Crippen LogP contribution in [0, 0.1) is 5.41 Å². The maximum atomic E-state index is 14.1. The average Bonchev–Trinajstić information content (AvgIpc) is 3.81. The number of nitrogens with one attached hydrogen (secondary N) is 3. The van der Waals surface area contributed by atoms with Crippen LogP contribution in [0.1, 0.15) is 76.2 Å². The first-order chi connectivity index (χ1) is 34.8. The minimum atomic E-state index is -6.10. The van der Waals surface area contributed by atoms with Crippen LogP contribution in [0.4, 0.5) is 29.3 Å². The number of ether oxygens (including phenoxy) is 2. The molecule has 4 heterocycles. The molecule has 3 aliphatic rings. The molecular formula is C52H62ClF3N8O8S2. The number of carbonyl (C=O) groups excluding carboxylic acids is 2. The standard InChI is InChI=1S/C52H62ClF3N8O8S2/c1-50(2,3)72-49(66)64-27-21-61(22-28-64)20-6-18-57-44-14-12-41(31-46(44)73(67,68)52(54,55)56)74(69,70)60-48(65)42-13-11-39(30-45(42)71-40-29-36-16-19-58-47(36)59-33-40)63-25-23-62(24-26-63)34-37-15-17-51(4,5)32-43(37)35-7-9-38(53)10-8-35/h7-14,16,19,29-31,33,57H,6,15,17-18,20-28,32,34H2,1-5H3,(H,58,59)(H,60,65). The summed E-state index contributed by atoms with van der Waals surface area (Å²) in [5.74, 6) is -0.967.